The summed E-state index contributed by atoms with van der Waals surface area (Å²) in [5.41, 5.74) is 11.8. The summed E-state index contributed by atoms with van der Waals surface area (Å²) < 4.78 is 0. The van der Waals surface area contributed by atoms with Crippen LogP contribution in [-0.2, 0) is 30.4 Å². The number of nitrogens with one attached hydrogen (secondary N) is 2. The molecule has 34 heavy (non-hydrogen) atoms. The van der Waals surface area contributed by atoms with Gasteiger partial charge in [0.1, 0.15) is 18.1 Å². The fourth-order valence-electron chi connectivity index (χ4n) is 3.74. The van der Waals surface area contributed by atoms with Gasteiger partial charge in [-0.2, -0.15) is 0 Å². The Kier molecular flexibility index (Phi) is 9.95. The second-order valence-electron chi connectivity index (χ2n) is 8.13. The lowest BCUT2D eigenvalue weighted by Crippen LogP contribution is -2.58. The molecule has 1 heterocycles. The van der Waals surface area contributed by atoms with Gasteiger partial charge in [0.15, 0.2) is 0 Å². The van der Waals surface area contributed by atoms with E-state index in [2.05, 4.69) is 10.6 Å². The van der Waals surface area contributed by atoms with Gasteiger partial charge in [-0.15, -0.1) is 0 Å². The fourth-order valence-corrected chi connectivity index (χ4v) is 3.74. The second-order valence-corrected chi connectivity index (χ2v) is 8.13. The number of carboxylic acid groups (broad SMARTS) is 1. The minimum Gasteiger partial charge on any atom is -0.480 e. The Balaban J connectivity index is 2.00. The Hall–Kier alpha value is -3.51. The molecule has 12 heteroatoms. The molecule has 4 amide bonds. The van der Waals surface area contributed by atoms with E-state index >= 15 is 0 Å². The van der Waals surface area contributed by atoms with Gasteiger partial charge in [-0.3, -0.25) is 19.2 Å². The van der Waals surface area contributed by atoms with Crippen LogP contribution in [0.15, 0.2) is 30.3 Å². The standard InChI is InChI=1S/C22H31N5O7/c23-14(11-13-5-2-1-3-6-13)19(30)26-16(12-28)21(32)27-10-4-7-17(27)20(31)25-15(22(33)34)8-9-18(24)29/h1-3,5-6,14-17,28H,4,7-12,23H2,(H2,24,29)(H,25,31)(H,26,30)(H,33,34). The second kappa shape index (κ2) is 12.7. The van der Waals surface area contributed by atoms with E-state index < -0.39 is 60.4 Å². The number of likely N-dealkylation sites (tertiary alicyclic amines) is 1. The maximum Gasteiger partial charge on any atom is 0.326 e. The van der Waals surface area contributed by atoms with Gasteiger partial charge in [0.25, 0.3) is 0 Å². The van der Waals surface area contributed by atoms with Crippen LogP contribution in [0, 0.1) is 0 Å². The van der Waals surface area contributed by atoms with E-state index in [4.69, 9.17) is 11.5 Å². The number of benzene rings is 1. The van der Waals surface area contributed by atoms with E-state index in [-0.39, 0.29) is 32.2 Å². The van der Waals surface area contributed by atoms with Crippen LogP contribution in [0.2, 0.25) is 0 Å². The van der Waals surface area contributed by atoms with Crippen LogP contribution in [0.25, 0.3) is 0 Å². The minimum atomic E-state index is -1.35. The molecule has 0 radical (unpaired) electrons. The topological polar surface area (TPSA) is 205 Å². The Morgan fingerprint density at radius 1 is 1.09 bits per heavy atom. The van der Waals surface area contributed by atoms with Crippen molar-refractivity contribution >= 4 is 29.6 Å². The van der Waals surface area contributed by atoms with Crippen molar-refractivity contribution < 1.29 is 34.2 Å². The molecule has 0 saturated carbocycles. The quantitative estimate of drug-likeness (QED) is 0.195. The highest BCUT2D eigenvalue weighted by molar-refractivity contribution is 5.94. The smallest absolute Gasteiger partial charge is 0.326 e. The number of amides is 4. The summed E-state index contributed by atoms with van der Waals surface area (Å²) in [7, 11) is 0. The number of hydrogen-bond acceptors (Lipinski definition) is 7. The molecule has 1 saturated heterocycles. The van der Waals surface area contributed by atoms with Gasteiger partial charge in [0.05, 0.1) is 12.6 Å². The van der Waals surface area contributed by atoms with Crippen LogP contribution in [0.4, 0.5) is 0 Å². The number of hydrogen-bond donors (Lipinski definition) is 6. The van der Waals surface area contributed by atoms with Crippen molar-refractivity contribution in [3.8, 4) is 0 Å². The third-order valence-electron chi connectivity index (χ3n) is 5.56. The number of carbonyl (C=O) groups is 5. The van der Waals surface area contributed by atoms with Crippen LogP contribution in [0.1, 0.15) is 31.2 Å². The number of rotatable bonds is 12. The normalized spacial score (nSPS) is 17.9. The zero-order chi connectivity index (χ0) is 25.3. The van der Waals surface area contributed by atoms with E-state index in [0.29, 0.717) is 6.42 Å². The largest absolute Gasteiger partial charge is 0.480 e. The molecule has 0 aliphatic carbocycles. The molecule has 1 aromatic carbocycles. The number of aliphatic hydroxyl groups is 1. The lowest BCUT2D eigenvalue weighted by Gasteiger charge is -2.29. The maximum atomic E-state index is 13.0. The molecule has 12 nitrogen and oxygen atoms in total. The molecule has 186 valence electrons. The average molecular weight is 478 g/mol. The van der Waals surface area contributed by atoms with Crippen molar-refractivity contribution in [1.82, 2.24) is 15.5 Å². The number of carbonyl (C=O) groups excluding carboxylic acids is 4. The number of aliphatic carboxylic acids is 1. The van der Waals surface area contributed by atoms with Crippen molar-refractivity contribution in [3.63, 3.8) is 0 Å². The Morgan fingerprint density at radius 2 is 1.76 bits per heavy atom. The highest BCUT2D eigenvalue weighted by Crippen LogP contribution is 2.19. The van der Waals surface area contributed by atoms with Crippen molar-refractivity contribution in [1.29, 1.82) is 0 Å². The molecule has 1 aliphatic rings. The van der Waals surface area contributed by atoms with Crippen LogP contribution in [-0.4, -0.2) is 82.0 Å². The van der Waals surface area contributed by atoms with Crippen LogP contribution >= 0.6 is 0 Å². The van der Waals surface area contributed by atoms with Crippen molar-refractivity contribution in [2.75, 3.05) is 13.2 Å². The van der Waals surface area contributed by atoms with E-state index in [1.54, 1.807) is 12.1 Å². The monoisotopic (exact) mass is 477 g/mol. The molecular formula is C22H31N5O7. The zero-order valence-corrected chi connectivity index (χ0v) is 18.7. The summed E-state index contributed by atoms with van der Waals surface area (Å²) in [6, 6.07) is 4.47. The van der Waals surface area contributed by atoms with Crippen LogP contribution in [0.5, 0.6) is 0 Å². The number of nitrogens with zero attached hydrogens (tertiary/aromatic N) is 1. The van der Waals surface area contributed by atoms with Gasteiger partial charge in [0, 0.05) is 13.0 Å². The summed E-state index contributed by atoms with van der Waals surface area (Å²) in [5.74, 6) is -4.05. The number of primary amides is 1. The summed E-state index contributed by atoms with van der Waals surface area (Å²) in [5, 5.41) is 23.8. The molecule has 4 atom stereocenters. The number of nitrogens with two attached hydrogens (primary N) is 2. The number of carboxylic acids is 1. The molecule has 2 rings (SSSR count). The minimum absolute atomic E-state index is 0.189. The maximum absolute atomic E-state index is 13.0. The van der Waals surface area contributed by atoms with E-state index in [0.717, 1.165) is 5.56 Å². The van der Waals surface area contributed by atoms with Gasteiger partial charge >= 0.3 is 5.97 Å². The first-order valence-electron chi connectivity index (χ1n) is 11.0. The molecule has 0 bridgehead atoms. The molecule has 0 aromatic heterocycles. The Bertz CT molecular complexity index is 895. The highest BCUT2D eigenvalue weighted by atomic mass is 16.4. The molecule has 1 aliphatic heterocycles. The van der Waals surface area contributed by atoms with Crippen LogP contribution < -0.4 is 22.1 Å². The van der Waals surface area contributed by atoms with E-state index in [1.165, 1.54) is 4.90 Å². The van der Waals surface area contributed by atoms with Crippen molar-refractivity contribution in [2.24, 2.45) is 11.5 Å². The summed E-state index contributed by atoms with van der Waals surface area (Å²) >= 11 is 0. The first-order valence-corrected chi connectivity index (χ1v) is 11.0. The molecule has 0 spiro atoms. The van der Waals surface area contributed by atoms with Gasteiger partial charge in [-0.25, -0.2) is 4.79 Å². The molecular weight excluding hydrogens is 446 g/mol. The summed E-state index contributed by atoms with van der Waals surface area (Å²) in [6.45, 7) is -0.512. The third kappa shape index (κ3) is 7.52. The lowest BCUT2D eigenvalue weighted by atomic mass is 10.1. The van der Waals surface area contributed by atoms with E-state index in [1.807, 2.05) is 18.2 Å². The predicted octanol–water partition coefficient (Wildman–Crippen LogP) is -2.14. The molecule has 1 aromatic rings. The highest BCUT2D eigenvalue weighted by Gasteiger charge is 2.39. The number of aliphatic hydroxyl groups excluding tert-OH is 1. The van der Waals surface area contributed by atoms with Gasteiger partial charge in [0.2, 0.25) is 23.6 Å². The van der Waals surface area contributed by atoms with Crippen molar-refractivity contribution in [3.05, 3.63) is 35.9 Å². The Labute approximate surface area is 196 Å². The van der Waals surface area contributed by atoms with Gasteiger partial charge in [-0.1, -0.05) is 30.3 Å². The lowest BCUT2D eigenvalue weighted by molar-refractivity contribution is -0.145. The molecule has 8 N–H and O–H groups in total. The van der Waals surface area contributed by atoms with Gasteiger partial charge in [-0.05, 0) is 31.2 Å². The summed E-state index contributed by atoms with van der Waals surface area (Å²) in [4.78, 5) is 61.8. The Morgan fingerprint density at radius 3 is 2.35 bits per heavy atom. The predicted molar refractivity (Wildman–Crippen MR) is 120 cm³/mol. The van der Waals surface area contributed by atoms with Crippen LogP contribution in [0.3, 0.4) is 0 Å². The first kappa shape index (κ1) is 26.7. The van der Waals surface area contributed by atoms with E-state index in [9.17, 15) is 34.2 Å². The van der Waals surface area contributed by atoms with Gasteiger partial charge < -0.3 is 37.2 Å². The molecule has 1 fully saturated rings. The first-order chi connectivity index (χ1) is 16.1. The molecule has 4 unspecified atom stereocenters. The zero-order valence-electron chi connectivity index (χ0n) is 18.7. The third-order valence-corrected chi connectivity index (χ3v) is 5.56. The SMILES string of the molecule is NC(=O)CCC(NC(=O)C1CCCN1C(=O)C(CO)NC(=O)C(N)Cc1ccccc1)C(=O)O. The fraction of sp³-hybridized carbons (Fsp3) is 0.500. The average Bonchev–Trinajstić information content (AvgIpc) is 3.29. The van der Waals surface area contributed by atoms with Crippen molar-refractivity contribution in [2.45, 2.75) is 56.3 Å². The summed E-state index contributed by atoms with van der Waals surface area (Å²) in [6.07, 6.45) is 0.565.